The Morgan fingerprint density at radius 2 is 1.89 bits per heavy atom. The maximum absolute atomic E-state index is 11.9. The van der Waals surface area contributed by atoms with E-state index in [-0.39, 0.29) is 5.91 Å². The van der Waals surface area contributed by atoms with Gasteiger partial charge >= 0.3 is 0 Å². The SMILES string of the molecule is Cc1ccc(/C=C/C(=O)N[C@@H]2CCCC[C@@H]2C)cc1. The molecule has 0 aromatic heterocycles. The summed E-state index contributed by atoms with van der Waals surface area (Å²) in [4.78, 5) is 11.9. The van der Waals surface area contributed by atoms with Crippen LogP contribution in [0.5, 0.6) is 0 Å². The van der Waals surface area contributed by atoms with Crippen LogP contribution in [0.1, 0.15) is 43.7 Å². The van der Waals surface area contributed by atoms with E-state index in [2.05, 4.69) is 31.3 Å². The van der Waals surface area contributed by atoms with E-state index in [1.165, 1.54) is 24.8 Å². The van der Waals surface area contributed by atoms with Crippen LogP contribution in [0.2, 0.25) is 0 Å². The smallest absolute Gasteiger partial charge is 0.244 e. The van der Waals surface area contributed by atoms with Crippen molar-refractivity contribution in [2.45, 2.75) is 45.6 Å². The van der Waals surface area contributed by atoms with Crippen molar-refractivity contribution in [1.82, 2.24) is 5.32 Å². The van der Waals surface area contributed by atoms with Gasteiger partial charge in [0.05, 0.1) is 0 Å². The molecule has 0 aliphatic heterocycles. The van der Waals surface area contributed by atoms with E-state index >= 15 is 0 Å². The van der Waals surface area contributed by atoms with Gasteiger partial charge in [0.15, 0.2) is 0 Å². The number of carbonyl (C=O) groups excluding carboxylic acids is 1. The van der Waals surface area contributed by atoms with Crippen LogP contribution < -0.4 is 5.32 Å². The Labute approximate surface area is 115 Å². The molecule has 2 nitrogen and oxygen atoms in total. The van der Waals surface area contributed by atoms with Crippen LogP contribution in [-0.2, 0) is 4.79 Å². The summed E-state index contributed by atoms with van der Waals surface area (Å²) in [6.45, 7) is 4.29. The van der Waals surface area contributed by atoms with Gasteiger partial charge in [-0.3, -0.25) is 4.79 Å². The Morgan fingerprint density at radius 1 is 1.21 bits per heavy atom. The third kappa shape index (κ3) is 4.23. The zero-order valence-corrected chi connectivity index (χ0v) is 11.9. The molecular weight excluding hydrogens is 234 g/mol. The lowest BCUT2D eigenvalue weighted by Crippen LogP contribution is -2.40. The van der Waals surface area contributed by atoms with Gasteiger partial charge in [-0.15, -0.1) is 0 Å². The highest BCUT2D eigenvalue weighted by atomic mass is 16.1. The standard InChI is InChI=1S/C17H23NO/c1-13-7-9-15(10-8-13)11-12-17(19)18-16-6-4-3-5-14(16)2/h7-12,14,16H,3-6H2,1-2H3,(H,18,19)/b12-11+/t14-,16+/m0/s1. The van der Waals surface area contributed by atoms with E-state index in [0.29, 0.717) is 12.0 Å². The summed E-state index contributed by atoms with van der Waals surface area (Å²) >= 11 is 0. The summed E-state index contributed by atoms with van der Waals surface area (Å²) in [5.74, 6) is 0.629. The minimum absolute atomic E-state index is 0.0272. The third-order valence-electron chi connectivity index (χ3n) is 3.94. The first-order valence-corrected chi connectivity index (χ1v) is 7.20. The molecule has 19 heavy (non-hydrogen) atoms. The summed E-state index contributed by atoms with van der Waals surface area (Å²) in [6, 6.07) is 8.52. The number of rotatable bonds is 3. The van der Waals surface area contributed by atoms with Crippen LogP contribution in [-0.4, -0.2) is 11.9 Å². The van der Waals surface area contributed by atoms with Crippen LogP contribution in [0.15, 0.2) is 30.3 Å². The largest absolute Gasteiger partial charge is 0.350 e. The summed E-state index contributed by atoms with van der Waals surface area (Å²) in [5.41, 5.74) is 2.30. The van der Waals surface area contributed by atoms with Crippen molar-refractivity contribution < 1.29 is 4.79 Å². The van der Waals surface area contributed by atoms with E-state index in [1.807, 2.05) is 18.2 Å². The first kappa shape index (κ1) is 13.9. The predicted molar refractivity (Wildman–Crippen MR) is 79.8 cm³/mol. The Hall–Kier alpha value is -1.57. The molecule has 2 rings (SSSR count). The number of nitrogens with one attached hydrogen (secondary N) is 1. The second-order valence-corrected chi connectivity index (χ2v) is 5.62. The topological polar surface area (TPSA) is 29.1 Å². The zero-order chi connectivity index (χ0) is 13.7. The minimum atomic E-state index is 0.0272. The zero-order valence-electron chi connectivity index (χ0n) is 11.9. The quantitative estimate of drug-likeness (QED) is 0.822. The van der Waals surface area contributed by atoms with Crippen LogP contribution >= 0.6 is 0 Å². The fourth-order valence-electron chi connectivity index (χ4n) is 2.61. The van der Waals surface area contributed by atoms with Gasteiger partial charge in [-0.05, 0) is 37.3 Å². The van der Waals surface area contributed by atoms with Crippen molar-refractivity contribution in [3.05, 3.63) is 41.5 Å². The van der Waals surface area contributed by atoms with Crippen LogP contribution in [0, 0.1) is 12.8 Å². The molecule has 1 fully saturated rings. The van der Waals surface area contributed by atoms with E-state index < -0.39 is 0 Å². The van der Waals surface area contributed by atoms with E-state index in [9.17, 15) is 4.79 Å². The Balaban J connectivity index is 1.88. The van der Waals surface area contributed by atoms with E-state index in [0.717, 1.165) is 12.0 Å². The average molecular weight is 257 g/mol. The lowest BCUT2D eigenvalue weighted by molar-refractivity contribution is -0.117. The maximum atomic E-state index is 11.9. The summed E-state index contributed by atoms with van der Waals surface area (Å²) in [5, 5.41) is 3.12. The molecule has 2 heteroatoms. The summed E-state index contributed by atoms with van der Waals surface area (Å²) in [6.07, 6.45) is 8.40. The van der Waals surface area contributed by atoms with Gasteiger partial charge in [0.25, 0.3) is 0 Å². The fourth-order valence-corrected chi connectivity index (χ4v) is 2.61. The van der Waals surface area contributed by atoms with Gasteiger partial charge in [-0.25, -0.2) is 0 Å². The monoisotopic (exact) mass is 257 g/mol. The predicted octanol–water partition coefficient (Wildman–Crippen LogP) is 3.70. The molecule has 2 atom stereocenters. The highest BCUT2D eigenvalue weighted by molar-refractivity contribution is 5.91. The molecule has 0 unspecified atom stereocenters. The minimum Gasteiger partial charge on any atom is -0.350 e. The molecular formula is C17H23NO. The molecule has 0 spiro atoms. The Morgan fingerprint density at radius 3 is 2.58 bits per heavy atom. The van der Waals surface area contributed by atoms with Crippen LogP contribution in [0.4, 0.5) is 0 Å². The average Bonchev–Trinajstić information content (AvgIpc) is 2.41. The molecule has 1 aromatic carbocycles. The summed E-state index contributed by atoms with van der Waals surface area (Å²) < 4.78 is 0. The molecule has 1 aliphatic carbocycles. The Bertz CT molecular complexity index is 447. The van der Waals surface area contributed by atoms with Gasteiger partial charge in [0.1, 0.15) is 0 Å². The van der Waals surface area contributed by atoms with Crippen molar-refractivity contribution in [2.24, 2.45) is 5.92 Å². The molecule has 1 aromatic rings. The number of carbonyl (C=O) groups is 1. The van der Waals surface area contributed by atoms with Gasteiger partial charge in [-0.2, -0.15) is 0 Å². The van der Waals surface area contributed by atoms with Crippen molar-refractivity contribution in [2.75, 3.05) is 0 Å². The maximum Gasteiger partial charge on any atom is 0.244 e. The van der Waals surface area contributed by atoms with Crippen LogP contribution in [0.25, 0.3) is 6.08 Å². The van der Waals surface area contributed by atoms with Crippen molar-refractivity contribution in [3.8, 4) is 0 Å². The first-order valence-electron chi connectivity index (χ1n) is 7.20. The third-order valence-corrected chi connectivity index (χ3v) is 3.94. The van der Waals surface area contributed by atoms with Crippen molar-refractivity contribution >= 4 is 12.0 Å². The second kappa shape index (κ2) is 6.55. The number of aryl methyl sites for hydroxylation is 1. The van der Waals surface area contributed by atoms with Crippen LogP contribution in [0.3, 0.4) is 0 Å². The normalized spacial score (nSPS) is 23.5. The lowest BCUT2D eigenvalue weighted by Gasteiger charge is -2.29. The number of hydrogen-bond donors (Lipinski definition) is 1. The van der Waals surface area contributed by atoms with Gasteiger partial charge in [0.2, 0.25) is 5.91 Å². The van der Waals surface area contributed by atoms with Gasteiger partial charge in [-0.1, -0.05) is 49.6 Å². The highest BCUT2D eigenvalue weighted by Gasteiger charge is 2.21. The number of hydrogen-bond acceptors (Lipinski definition) is 1. The molecule has 0 saturated heterocycles. The van der Waals surface area contributed by atoms with E-state index in [4.69, 9.17) is 0 Å². The Kier molecular flexibility index (Phi) is 4.78. The van der Waals surface area contributed by atoms with Crippen molar-refractivity contribution in [3.63, 3.8) is 0 Å². The molecule has 1 amide bonds. The van der Waals surface area contributed by atoms with E-state index in [1.54, 1.807) is 6.08 Å². The molecule has 1 N–H and O–H groups in total. The number of amides is 1. The molecule has 1 aliphatic rings. The first-order chi connectivity index (χ1) is 9.15. The molecule has 102 valence electrons. The second-order valence-electron chi connectivity index (χ2n) is 5.62. The lowest BCUT2D eigenvalue weighted by atomic mass is 9.86. The molecule has 0 radical (unpaired) electrons. The molecule has 0 bridgehead atoms. The van der Waals surface area contributed by atoms with Crippen molar-refractivity contribution in [1.29, 1.82) is 0 Å². The van der Waals surface area contributed by atoms with Gasteiger partial charge in [0, 0.05) is 12.1 Å². The fraction of sp³-hybridized carbons (Fsp3) is 0.471. The number of benzene rings is 1. The molecule has 1 saturated carbocycles. The summed E-state index contributed by atoms with van der Waals surface area (Å²) in [7, 11) is 0. The highest BCUT2D eigenvalue weighted by Crippen LogP contribution is 2.23. The molecule has 0 heterocycles. The van der Waals surface area contributed by atoms with Gasteiger partial charge < -0.3 is 5.32 Å².